The van der Waals surface area contributed by atoms with Crippen LogP contribution < -0.4 is 16.4 Å². The molecule has 0 bridgehead atoms. The molecule has 0 aliphatic rings. The van der Waals surface area contributed by atoms with Gasteiger partial charge in [0, 0.05) is 18.7 Å². The Bertz CT molecular complexity index is 504. The largest absolute Gasteiger partial charge is 0.351 e. The highest BCUT2D eigenvalue weighted by atomic mass is 16.2. The number of nitrogens with one attached hydrogen (secondary N) is 2. The van der Waals surface area contributed by atoms with Gasteiger partial charge in [0.25, 0.3) is 0 Å². The van der Waals surface area contributed by atoms with Crippen LogP contribution in [0.4, 0.5) is 5.69 Å². The van der Waals surface area contributed by atoms with Gasteiger partial charge in [-0.05, 0) is 29.5 Å². The summed E-state index contributed by atoms with van der Waals surface area (Å²) in [6.45, 7) is 8.19. The zero-order chi connectivity index (χ0) is 16.8. The van der Waals surface area contributed by atoms with E-state index in [0.29, 0.717) is 13.0 Å². The number of rotatable bonds is 6. The van der Waals surface area contributed by atoms with Crippen LogP contribution in [-0.2, 0) is 16.1 Å². The van der Waals surface area contributed by atoms with Crippen LogP contribution >= 0.6 is 0 Å². The molecule has 0 aliphatic carbocycles. The lowest BCUT2D eigenvalue weighted by atomic mass is 9.87. The molecular formula is C17H27N3O2. The average molecular weight is 305 g/mol. The van der Waals surface area contributed by atoms with E-state index >= 15 is 0 Å². The number of amides is 2. The molecule has 0 heterocycles. The monoisotopic (exact) mass is 305 g/mol. The molecule has 4 N–H and O–H groups in total. The van der Waals surface area contributed by atoms with Crippen LogP contribution in [0.3, 0.4) is 0 Å². The zero-order valence-corrected chi connectivity index (χ0v) is 13.9. The second kappa shape index (κ2) is 7.94. The molecule has 0 unspecified atom stereocenters. The van der Waals surface area contributed by atoms with Gasteiger partial charge in [0.2, 0.25) is 11.8 Å². The molecule has 5 nitrogen and oxygen atoms in total. The Hall–Kier alpha value is -1.88. The van der Waals surface area contributed by atoms with Crippen LogP contribution in [0.1, 0.15) is 46.1 Å². The number of carbonyl (C=O) groups excluding carboxylic acids is 2. The number of nitrogens with two attached hydrogens (primary N) is 1. The Morgan fingerprint density at radius 3 is 2.27 bits per heavy atom. The van der Waals surface area contributed by atoms with Crippen molar-refractivity contribution in [3.8, 4) is 0 Å². The Morgan fingerprint density at radius 1 is 1.18 bits per heavy atom. The van der Waals surface area contributed by atoms with Crippen molar-refractivity contribution in [2.45, 2.75) is 53.1 Å². The van der Waals surface area contributed by atoms with Crippen molar-refractivity contribution < 1.29 is 9.59 Å². The molecule has 2 amide bonds. The standard InChI is InChI=1S/C17H27N3O2/c1-5-6-14(21)20-13-9-7-12(8-10-13)11-19-16(22)15(18)17(2,3)4/h7-10,15H,5-6,11,18H2,1-4H3,(H,19,22)(H,20,21)/t15-/m1/s1. The fourth-order valence-corrected chi connectivity index (χ4v) is 1.85. The van der Waals surface area contributed by atoms with E-state index < -0.39 is 6.04 Å². The van der Waals surface area contributed by atoms with Crippen LogP contribution in [0.5, 0.6) is 0 Å². The lowest BCUT2D eigenvalue weighted by Crippen LogP contribution is -2.48. The van der Waals surface area contributed by atoms with Gasteiger partial charge < -0.3 is 16.4 Å². The predicted molar refractivity (Wildman–Crippen MR) is 89.3 cm³/mol. The molecule has 0 saturated heterocycles. The highest BCUT2D eigenvalue weighted by Gasteiger charge is 2.26. The summed E-state index contributed by atoms with van der Waals surface area (Å²) in [5, 5.41) is 5.66. The summed E-state index contributed by atoms with van der Waals surface area (Å²) in [5.41, 5.74) is 7.36. The van der Waals surface area contributed by atoms with Crippen molar-refractivity contribution >= 4 is 17.5 Å². The van der Waals surface area contributed by atoms with Gasteiger partial charge in [0.1, 0.15) is 0 Å². The minimum Gasteiger partial charge on any atom is -0.351 e. The van der Waals surface area contributed by atoms with Gasteiger partial charge in [-0.15, -0.1) is 0 Å². The first-order chi connectivity index (χ1) is 10.2. The Labute approximate surface area is 132 Å². The van der Waals surface area contributed by atoms with Crippen molar-refractivity contribution in [3.05, 3.63) is 29.8 Å². The third-order valence-electron chi connectivity index (χ3n) is 3.40. The minimum absolute atomic E-state index is 0.0136. The maximum atomic E-state index is 12.0. The molecule has 1 rings (SSSR count). The molecule has 1 atom stereocenters. The third kappa shape index (κ3) is 5.85. The van der Waals surface area contributed by atoms with Crippen LogP contribution in [0.15, 0.2) is 24.3 Å². The zero-order valence-electron chi connectivity index (χ0n) is 13.9. The summed E-state index contributed by atoms with van der Waals surface area (Å²) in [7, 11) is 0. The Morgan fingerprint density at radius 2 is 1.77 bits per heavy atom. The lowest BCUT2D eigenvalue weighted by molar-refractivity contribution is -0.124. The number of benzene rings is 1. The summed E-state index contributed by atoms with van der Waals surface area (Å²) in [4.78, 5) is 23.5. The van der Waals surface area contributed by atoms with Crippen LogP contribution in [-0.4, -0.2) is 17.9 Å². The molecular weight excluding hydrogens is 278 g/mol. The van der Waals surface area contributed by atoms with E-state index in [1.54, 1.807) is 0 Å². The van der Waals surface area contributed by atoms with E-state index in [1.807, 2.05) is 52.0 Å². The van der Waals surface area contributed by atoms with Gasteiger partial charge in [-0.2, -0.15) is 0 Å². The second-order valence-electron chi connectivity index (χ2n) is 6.56. The molecule has 0 aromatic heterocycles. The van der Waals surface area contributed by atoms with E-state index in [1.165, 1.54) is 0 Å². The number of hydrogen-bond acceptors (Lipinski definition) is 3. The molecule has 22 heavy (non-hydrogen) atoms. The summed E-state index contributed by atoms with van der Waals surface area (Å²) in [6, 6.07) is 6.88. The van der Waals surface area contributed by atoms with Gasteiger partial charge in [0.15, 0.2) is 0 Å². The lowest BCUT2D eigenvalue weighted by Gasteiger charge is -2.25. The van der Waals surface area contributed by atoms with E-state index in [9.17, 15) is 9.59 Å². The Kier molecular flexibility index (Phi) is 6.56. The van der Waals surface area contributed by atoms with E-state index in [4.69, 9.17) is 5.73 Å². The number of carbonyl (C=O) groups is 2. The van der Waals surface area contributed by atoms with Gasteiger partial charge in [-0.1, -0.05) is 39.8 Å². The predicted octanol–water partition coefficient (Wildman–Crippen LogP) is 2.41. The van der Waals surface area contributed by atoms with Crippen LogP contribution in [0, 0.1) is 5.41 Å². The van der Waals surface area contributed by atoms with E-state index in [2.05, 4.69) is 10.6 Å². The molecule has 0 radical (unpaired) electrons. The molecule has 0 fully saturated rings. The molecule has 0 spiro atoms. The van der Waals surface area contributed by atoms with Crippen molar-refractivity contribution in [2.75, 3.05) is 5.32 Å². The first kappa shape index (κ1) is 18.2. The highest BCUT2D eigenvalue weighted by Crippen LogP contribution is 2.17. The maximum absolute atomic E-state index is 12.0. The van der Waals surface area contributed by atoms with Crippen LogP contribution in [0.2, 0.25) is 0 Å². The van der Waals surface area contributed by atoms with Crippen molar-refractivity contribution in [1.29, 1.82) is 0 Å². The van der Waals surface area contributed by atoms with Crippen molar-refractivity contribution in [2.24, 2.45) is 11.1 Å². The van der Waals surface area contributed by atoms with Crippen molar-refractivity contribution in [3.63, 3.8) is 0 Å². The van der Waals surface area contributed by atoms with Crippen LogP contribution in [0.25, 0.3) is 0 Å². The van der Waals surface area contributed by atoms with Gasteiger partial charge in [-0.25, -0.2) is 0 Å². The number of hydrogen-bond donors (Lipinski definition) is 3. The first-order valence-electron chi connectivity index (χ1n) is 7.66. The molecule has 0 aliphatic heterocycles. The van der Waals surface area contributed by atoms with Gasteiger partial charge >= 0.3 is 0 Å². The summed E-state index contributed by atoms with van der Waals surface area (Å²) < 4.78 is 0. The Balaban J connectivity index is 2.51. The maximum Gasteiger partial charge on any atom is 0.237 e. The molecule has 1 aromatic rings. The highest BCUT2D eigenvalue weighted by molar-refractivity contribution is 5.90. The topological polar surface area (TPSA) is 84.2 Å². The second-order valence-corrected chi connectivity index (χ2v) is 6.56. The number of anilines is 1. The fraction of sp³-hybridized carbons (Fsp3) is 0.529. The molecule has 0 saturated carbocycles. The van der Waals surface area contributed by atoms with E-state index in [-0.39, 0.29) is 17.2 Å². The third-order valence-corrected chi connectivity index (χ3v) is 3.40. The molecule has 5 heteroatoms. The molecule has 122 valence electrons. The summed E-state index contributed by atoms with van der Waals surface area (Å²) >= 11 is 0. The summed E-state index contributed by atoms with van der Waals surface area (Å²) in [6.07, 6.45) is 1.34. The summed E-state index contributed by atoms with van der Waals surface area (Å²) in [5.74, 6) is -0.146. The molecule has 1 aromatic carbocycles. The van der Waals surface area contributed by atoms with E-state index in [0.717, 1.165) is 17.7 Å². The SMILES string of the molecule is CCCC(=O)Nc1ccc(CNC(=O)[C@@H](N)C(C)(C)C)cc1. The van der Waals surface area contributed by atoms with Gasteiger partial charge in [-0.3, -0.25) is 9.59 Å². The quantitative estimate of drug-likeness (QED) is 0.754. The first-order valence-corrected chi connectivity index (χ1v) is 7.66. The average Bonchev–Trinajstić information content (AvgIpc) is 2.44. The van der Waals surface area contributed by atoms with Gasteiger partial charge in [0.05, 0.1) is 6.04 Å². The normalized spacial score (nSPS) is 12.6. The fourth-order valence-electron chi connectivity index (χ4n) is 1.85. The smallest absolute Gasteiger partial charge is 0.237 e. The van der Waals surface area contributed by atoms with Crippen molar-refractivity contribution in [1.82, 2.24) is 5.32 Å². The minimum atomic E-state index is -0.542.